The average molecular weight is 583 g/mol. The van der Waals surface area contributed by atoms with E-state index < -0.39 is 41.6 Å². The van der Waals surface area contributed by atoms with Crippen LogP contribution in [0.25, 0.3) is 21.9 Å². The third-order valence-corrected chi connectivity index (χ3v) is 9.33. The van der Waals surface area contributed by atoms with E-state index in [-0.39, 0.29) is 22.6 Å². The molecule has 0 saturated carbocycles. The van der Waals surface area contributed by atoms with Gasteiger partial charge in [-0.15, -0.1) is 0 Å². The minimum atomic E-state index is -1.07. The van der Waals surface area contributed by atoms with E-state index in [2.05, 4.69) is 21.8 Å². The molecule has 12 heteroatoms. The van der Waals surface area contributed by atoms with Crippen LogP contribution in [0, 0.1) is 17.6 Å². The Balaban J connectivity index is 1.60. The minimum Gasteiger partial charge on any atom is -0.443 e. The molecule has 226 valence electrons. The number of likely N-dealkylation sites (tertiary alicyclic amines) is 1. The van der Waals surface area contributed by atoms with Crippen molar-refractivity contribution in [1.82, 2.24) is 14.9 Å². The van der Waals surface area contributed by atoms with Crippen LogP contribution in [0.15, 0.2) is 12.3 Å². The van der Waals surface area contributed by atoms with Gasteiger partial charge in [-0.3, -0.25) is 4.90 Å². The number of H-pyrrole nitrogens is 1. The summed E-state index contributed by atoms with van der Waals surface area (Å²) in [5, 5.41) is 0.481. The van der Waals surface area contributed by atoms with Gasteiger partial charge < -0.3 is 28.8 Å². The molecule has 3 aliphatic heterocycles. The van der Waals surface area contributed by atoms with Crippen LogP contribution in [0.5, 0.6) is 0 Å². The van der Waals surface area contributed by atoms with Gasteiger partial charge >= 0.3 is 13.2 Å². The van der Waals surface area contributed by atoms with Crippen molar-refractivity contribution in [3.63, 3.8) is 0 Å². The molecule has 0 radical (unpaired) electrons. The van der Waals surface area contributed by atoms with Crippen molar-refractivity contribution in [2.45, 2.75) is 77.7 Å². The fourth-order valence-electron chi connectivity index (χ4n) is 6.54. The Bertz CT molecular complexity index is 1570. The average Bonchev–Trinajstić information content (AvgIpc) is 3.59. The number of pyridine rings is 1. The summed E-state index contributed by atoms with van der Waals surface area (Å²) < 4.78 is 49.8. The Morgan fingerprint density at radius 2 is 1.83 bits per heavy atom. The maximum absolute atomic E-state index is 16.0. The number of fused-ring (bicyclic) bond motifs is 4. The maximum Gasteiger partial charge on any atom is 0.498 e. The predicted octanol–water partition coefficient (Wildman–Crippen LogP) is 4.81. The minimum absolute atomic E-state index is 0.0334. The number of benzene rings is 1. The SMILES string of the molecule is CN1C[C@@H]2CCN(c3c(B4OC(C)(C)C(C)(C)O4)cnc4[nH]c5c(N(C)C(=O)OC(C)(C)C)cc(F)c(F)c5c34)[C@@H]2C1. The summed E-state index contributed by atoms with van der Waals surface area (Å²) >= 11 is 0. The van der Waals surface area contributed by atoms with Crippen molar-refractivity contribution in [1.29, 1.82) is 0 Å². The summed E-state index contributed by atoms with van der Waals surface area (Å²) in [6.45, 7) is 15.8. The van der Waals surface area contributed by atoms with Gasteiger partial charge in [0.1, 0.15) is 11.2 Å². The van der Waals surface area contributed by atoms with E-state index in [1.54, 1.807) is 27.0 Å². The molecule has 3 fully saturated rings. The van der Waals surface area contributed by atoms with Gasteiger partial charge in [0.05, 0.1) is 38.9 Å². The highest BCUT2D eigenvalue weighted by Gasteiger charge is 2.53. The van der Waals surface area contributed by atoms with Gasteiger partial charge in [-0.2, -0.15) is 0 Å². The number of hydrogen-bond donors (Lipinski definition) is 1. The lowest BCUT2D eigenvalue weighted by atomic mass is 9.77. The Morgan fingerprint density at radius 3 is 2.48 bits per heavy atom. The van der Waals surface area contributed by atoms with Gasteiger partial charge in [0.25, 0.3) is 0 Å². The van der Waals surface area contributed by atoms with E-state index in [0.29, 0.717) is 22.4 Å². The zero-order valence-corrected chi connectivity index (χ0v) is 25.9. The molecule has 0 spiro atoms. The lowest BCUT2D eigenvalue weighted by molar-refractivity contribution is 0.00578. The number of ether oxygens (including phenoxy) is 1. The van der Waals surface area contributed by atoms with Crippen LogP contribution in [0.1, 0.15) is 54.9 Å². The van der Waals surface area contributed by atoms with Crippen molar-refractivity contribution in [2.24, 2.45) is 5.92 Å². The summed E-state index contributed by atoms with van der Waals surface area (Å²) in [5.74, 6) is -1.63. The lowest BCUT2D eigenvalue weighted by Crippen LogP contribution is -2.43. The van der Waals surface area contributed by atoms with E-state index in [1.165, 1.54) is 11.9 Å². The van der Waals surface area contributed by atoms with E-state index >= 15 is 8.78 Å². The number of nitrogens with zero attached hydrogens (tertiary/aromatic N) is 4. The first-order valence-electron chi connectivity index (χ1n) is 14.6. The van der Waals surface area contributed by atoms with Crippen LogP contribution in [-0.4, -0.2) is 84.7 Å². The molecule has 3 aliphatic rings. The topological polar surface area (TPSA) is 83.2 Å². The van der Waals surface area contributed by atoms with E-state index in [1.807, 2.05) is 27.7 Å². The predicted molar refractivity (Wildman–Crippen MR) is 161 cm³/mol. The number of hydrogen-bond acceptors (Lipinski definition) is 7. The largest absolute Gasteiger partial charge is 0.498 e. The number of anilines is 2. The summed E-state index contributed by atoms with van der Waals surface area (Å²) in [6.07, 6.45) is 2.01. The smallest absolute Gasteiger partial charge is 0.443 e. The molecule has 2 aromatic heterocycles. The zero-order chi connectivity index (χ0) is 30.5. The third-order valence-electron chi connectivity index (χ3n) is 9.33. The van der Waals surface area contributed by atoms with E-state index in [9.17, 15) is 4.79 Å². The summed E-state index contributed by atoms with van der Waals surface area (Å²) in [4.78, 5) is 26.7. The molecule has 0 bridgehead atoms. The number of aromatic amines is 1. The number of likely N-dealkylation sites (N-methyl/N-ethyl adjacent to an activating group) is 1. The highest BCUT2D eigenvalue weighted by atomic mass is 19.2. The number of carbonyl (C=O) groups is 1. The highest BCUT2D eigenvalue weighted by Crippen LogP contribution is 2.44. The Kier molecular flexibility index (Phi) is 6.61. The van der Waals surface area contributed by atoms with Gasteiger partial charge in [0.2, 0.25) is 0 Å². The first-order chi connectivity index (χ1) is 19.5. The van der Waals surface area contributed by atoms with Gasteiger partial charge in [-0.1, -0.05) is 0 Å². The summed E-state index contributed by atoms with van der Waals surface area (Å²) in [5.41, 5.74) is 0.217. The Hall–Kier alpha value is -2.96. The maximum atomic E-state index is 16.0. The second kappa shape index (κ2) is 9.52. The highest BCUT2D eigenvalue weighted by molar-refractivity contribution is 6.64. The number of amides is 1. The first kappa shape index (κ1) is 29.1. The molecular weight excluding hydrogens is 543 g/mol. The molecule has 0 unspecified atom stereocenters. The number of aromatic nitrogens is 2. The molecule has 0 aliphatic carbocycles. The van der Waals surface area contributed by atoms with Crippen molar-refractivity contribution < 1.29 is 27.6 Å². The number of nitrogens with one attached hydrogen (secondary N) is 1. The number of carbonyl (C=O) groups excluding carboxylic acids is 1. The molecule has 5 heterocycles. The quantitative estimate of drug-likeness (QED) is 0.444. The summed E-state index contributed by atoms with van der Waals surface area (Å²) in [6, 6.07) is 1.20. The monoisotopic (exact) mass is 583 g/mol. The van der Waals surface area contributed by atoms with Gasteiger partial charge in [0, 0.05) is 50.4 Å². The molecule has 42 heavy (non-hydrogen) atoms. The molecule has 3 saturated heterocycles. The molecule has 1 N–H and O–H groups in total. The second-order valence-corrected chi connectivity index (χ2v) is 14.0. The van der Waals surface area contributed by atoms with Crippen molar-refractivity contribution in [2.75, 3.05) is 43.5 Å². The van der Waals surface area contributed by atoms with Crippen molar-refractivity contribution in [3.8, 4) is 0 Å². The fraction of sp³-hybridized carbons (Fsp3) is 0.600. The second-order valence-electron chi connectivity index (χ2n) is 14.0. The van der Waals surface area contributed by atoms with Crippen LogP contribution < -0.4 is 15.3 Å². The van der Waals surface area contributed by atoms with Crippen LogP contribution in [-0.2, 0) is 14.0 Å². The van der Waals surface area contributed by atoms with Gasteiger partial charge in [-0.25, -0.2) is 18.6 Å². The Morgan fingerprint density at radius 1 is 1.17 bits per heavy atom. The molecular formula is C30H40BF2N5O4. The van der Waals surface area contributed by atoms with Crippen LogP contribution in [0.3, 0.4) is 0 Å². The molecule has 2 atom stereocenters. The zero-order valence-electron chi connectivity index (χ0n) is 25.9. The van der Waals surface area contributed by atoms with Crippen LogP contribution >= 0.6 is 0 Å². The molecule has 6 rings (SSSR count). The molecule has 1 aromatic carbocycles. The van der Waals surface area contributed by atoms with Gasteiger partial charge in [-0.05, 0) is 67.9 Å². The molecule has 3 aromatic rings. The normalized spacial score (nSPS) is 23.8. The molecule has 1 amide bonds. The standard InChI is InChI=1S/C30H40BF2N5O4/c1-28(2,3)40-27(39)37(9)19-12-18(32)23(33)21-22-25(38-11-10-16-14-36(8)15-20(16)38)17(13-34-26(22)35-24(19)21)31-41-29(4,5)30(6,7)42-31/h12-13,16,20H,10-11,14-15H2,1-9H3,(H,34,35)/t16-,20+/m0/s1. The van der Waals surface area contributed by atoms with E-state index in [0.717, 1.165) is 37.8 Å². The van der Waals surface area contributed by atoms with E-state index in [4.69, 9.17) is 19.0 Å². The molecule has 9 nitrogen and oxygen atoms in total. The first-order valence-corrected chi connectivity index (χ1v) is 14.6. The van der Waals surface area contributed by atoms with Gasteiger partial charge in [0.15, 0.2) is 11.6 Å². The van der Waals surface area contributed by atoms with Crippen LogP contribution in [0.4, 0.5) is 25.0 Å². The Labute approximate surface area is 245 Å². The lowest BCUT2D eigenvalue weighted by Gasteiger charge is -2.32. The van der Waals surface area contributed by atoms with Crippen LogP contribution in [0.2, 0.25) is 0 Å². The van der Waals surface area contributed by atoms with Crippen molar-refractivity contribution in [3.05, 3.63) is 23.9 Å². The fourth-order valence-corrected chi connectivity index (χ4v) is 6.54. The summed E-state index contributed by atoms with van der Waals surface area (Å²) in [7, 11) is 2.83. The number of rotatable bonds is 3. The third kappa shape index (κ3) is 4.53. The number of halogens is 2. The van der Waals surface area contributed by atoms with Crippen molar-refractivity contribution >= 4 is 52.0 Å².